The molecule has 0 amide bonds. The Balaban J connectivity index is 0. The van der Waals surface area contributed by atoms with Gasteiger partial charge in [0.2, 0.25) is 0 Å². The molecule has 82 valence electrons. The maximum atomic E-state index is 5.12. The van der Waals surface area contributed by atoms with E-state index in [1.165, 1.54) is 6.21 Å². The van der Waals surface area contributed by atoms with Gasteiger partial charge in [0.15, 0.2) is 34.7 Å². The summed E-state index contributed by atoms with van der Waals surface area (Å²) in [6, 6.07) is 0. The number of hydrogen-bond acceptors (Lipinski definition) is 2. The van der Waals surface area contributed by atoms with Crippen LogP contribution in [0.2, 0.25) is 0 Å². The summed E-state index contributed by atoms with van der Waals surface area (Å²) in [5.41, 5.74) is 17.7. The minimum absolute atomic E-state index is 0. The molecule has 0 aliphatic carbocycles. The van der Waals surface area contributed by atoms with Crippen LogP contribution in [0, 0.1) is 0 Å². The van der Waals surface area contributed by atoms with Crippen LogP contribution in [0.25, 0.3) is 10.9 Å². The fraction of sp³-hybridized carbons (Fsp3) is 0.200. The van der Waals surface area contributed by atoms with Crippen LogP contribution in [0.1, 0.15) is 6.92 Å². The molecule has 0 heterocycles. The monoisotopic (exact) mass is 413 g/mol. The molecule has 0 aliphatic rings. The van der Waals surface area contributed by atoms with Gasteiger partial charge in [-0.05, 0) is 6.92 Å². The van der Waals surface area contributed by atoms with Crippen molar-refractivity contribution in [2.45, 2.75) is 6.92 Å². The number of nitrogens with two attached hydrogens (primary N) is 2. The van der Waals surface area contributed by atoms with Crippen molar-refractivity contribution in [3.8, 4) is 0 Å². The Morgan fingerprint density at radius 2 is 1.71 bits per heavy atom. The maximum Gasteiger partial charge on any atom is 0.183 e. The Labute approximate surface area is 107 Å². The minimum atomic E-state index is 0. The largest absolute Gasteiger partial charge is 0.515 e. The van der Waals surface area contributed by atoms with Gasteiger partial charge in [-0.2, -0.15) is 0 Å². The standard InChI is InChI=1S/C5H10N6S2.Pt/c1-3(9-11-5(7)13)2-8-10-4(6)12;/h2H,1H3,(H6,6,7,8,9,10,11,12,13);. The molecule has 0 saturated carbocycles. The summed E-state index contributed by atoms with van der Waals surface area (Å²) in [6.45, 7) is 1.67. The van der Waals surface area contributed by atoms with Crippen molar-refractivity contribution in [2.24, 2.45) is 21.7 Å². The van der Waals surface area contributed by atoms with E-state index < -0.39 is 0 Å². The van der Waals surface area contributed by atoms with Gasteiger partial charge in [-0.15, -0.1) is 0 Å². The van der Waals surface area contributed by atoms with E-state index in [0.29, 0.717) is 5.71 Å². The van der Waals surface area contributed by atoms with Gasteiger partial charge in [-0.25, -0.2) is 0 Å². The molecule has 9 heteroatoms. The zero-order valence-corrected chi connectivity index (χ0v) is 11.3. The van der Waals surface area contributed by atoms with Crippen LogP contribution < -0.4 is 11.5 Å². The van der Waals surface area contributed by atoms with E-state index in [4.69, 9.17) is 11.5 Å². The number of thiol groups is 2. The van der Waals surface area contributed by atoms with Crippen molar-refractivity contribution >= 4 is 46.6 Å². The van der Waals surface area contributed by atoms with Crippen LogP contribution in [-0.2, 0) is 45.5 Å². The molecule has 0 rings (SSSR count). The number of rotatable bonds is 3. The smallest absolute Gasteiger partial charge is 0.183 e. The Kier molecular flexibility index (Phi) is 10.7. The quantitative estimate of drug-likeness (QED) is 0.198. The van der Waals surface area contributed by atoms with Crippen molar-refractivity contribution in [3.05, 3.63) is 10.9 Å². The van der Waals surface area contributed by atoms with Gasteiger partial charge in [0.05, 0.1) is 0 Å². The first-order valence-corrected chi connectivity index (χ1v) is 4.04. The van der Waals surface area contributed by atoms with Gasteiger partial charge < -0.3 is 21.1 Å². The molecule has 0 aromatic rings. The van der Waals surface area contributed by atoms with Crippen molar-refractivity contribution in [2.75, 3.05) is 0 Å². The second-order valence-corrected chi connectivity index (χ2v) is 2.82. The molecular formula is C5H10N6PtS2. The van der Waals surface area contributed by atoms with Crippen molar-refractivity contribution in [1.29, 1.82) is 0 Å². The summed E-state index contributed by atoms with van der Waals surface area (Å²) in [5.74, 6) is 0. The predicted octanol–water partition coefficient (Wildman–Crippen LogP) is -1.26. The minimum Gasteiger partial charge on any atom is -0.515 e. The number of hydrogen-bond donors (Lipinski definition) is 2. The summed E-state index contributed by atoms with van der Waals surface area (Å²) in [7, 11) is 0. The summed E-state index contributed by atoms with van der Waals surface area (Å²) >= 11 is 7.41. The molecule has 0 aliphatic heterocycles. The summed E-state index contributed by atoms with van der Waals surface area (Å²) in [4.78, 5) is 0. The molecule has 6 nitrogen and oxygen atoms in total. The average molecular weight is 413 g/mol. The van der Waals surface area contributed by atoms with E-state index in [1.807, 2.05) is 0 Å². The third-order valence-electron chi connectivity index (χ3n) is 0.715. The van der Waals surface area contributed by atoms with Crippen molar-refractivity contribution in [3.63, 3.8) is 0 Å². The van der Waals surface area contributed by atoms with Gasteiger partial charge in [0, 0.05) is 33.0 Å². The summed E-state index contributed by atoms with van der Waals surface area (Å²) in [5, 5.41) is 7.33. The van der Waals surface area contributed by atoms with Crippen LogP contribution in [0.15, 0.2) is 10.2 Å². The zero-order valence-electron chi connectivity index (χ0n) is 7.23. The topological polar surface area (TPSA) is 105 Å². The van der Waals surface area contributed by atoms with Gasteiger partial charge in [0.1, 0.15) is 0 Å². The predicted molar refractivity (Wildman–Crippen MR) is 64.2 cm³/mol. The Bertz CT molecular complexity index is 263. The normalized spacial score (nSPS) is 10.6. The average Bonchev–Trinajstić information content (AvgIpc) is 2.00. The van der Waals surface area contributed by atoms with E-state index in [-0.39, 0.29) is 31.3 Å². The van der Waals surface area contributed by atoms with Crippen LogP contribution in [0.5, 0.6) is 0 Å². The molecule has 0 saturated heterocycles. The van der Waals surface area contributed by atoms with E-state index in [2.05, 4.69) is 45.5 Å². The molecule has 0 atom stereocenters. The van der Waals surface area contributed by atoms with Gasteiger partial charge in [0.25, 0.3) is 0 Å². The Hall–Kier alpha value is -0.272. The SMILES string of the molecule is CC(C=N[N-]C(N)=[SH+])=N[N-]C(N)=[SH+].[Pt]. The molecule has 0 radical (unpaired) electrons. The van der Waals surface area contributed by atoms with Gasteiger partial charge >= 0.3 is 0 Å². The molecule has 0 unspecified atom stereocenters. The van der Waals surface area contributed by atoms with Crippen LogP contribution in [0.3, 0.4) is 0 Å². The first-order chi connectivity index (χ1) is 6.02. The van der Waals surface area contributed by atoms with Gasteiger partial charge in [-0.1, -0.05) is 0 Å². The van der Waals surface area contributed by atoms with E-state index >= 15 is 0 Å². The third kappa shape index (κ3) is 11.7. The molecule has 0 aromatic carbocycles. The Morgan fingerprint density at radius 1 is 1.21 bits per heavy atom. The number of nitrogens with zero attached hydrogens (tertiary/aromatic N) is 4. The fourth-order valence-electron chi connectivity index (χ4n) is 0.327. The summed E-state index contributed by atoms with van der Waals surface area (Å²) in [6.07, 6.45) is 1.36. The second-order valence-electron chi connectivity index (χ2n) is 1.90. The van der Waals surface area contributed by atoms with Gasteiger partial charge in [-0.3, -0.25) is 11.5 Å². The zero-order chi connectivity index (χ0) is 10.3. The molecule has 14 heavy (non-hydrogen) atoms. The molecule has 0 aromatic heterocycles. The fourth-order valence-corrected chi connectivity index (χ4v) is 0.424. The summed E-state index contributed by atoms with van der Waals surface area (Å²) < 4.78 is 0. The van der Waals surface area contributed by atoms with E-state index in [9.17, 15) is 0 Å². The van der Waals surface area contributed by atoms with Crippen LogP contribution >= 0.6 is 0 Å². The second kappa shape index (κ2) is 9.29. The maximum absolute atomic E-state index is 5.12. The molecule has 0 spiro atoms. The van der Waals surface area contributed by atoms with Crippen LogP contribution in [-0.4, -0.2) is 22.2 Å². The molecular weight excluding hydrogens is 403 g/mol. The van der Waals surface area contributed by atoms with E-state index in [0.717, 1.165) is 0 Å². The van der Waals surface area contributed by atoms with Crippen molar-refractivity contribution in [1.82, 2.24) is 0 Å². The third-order valence-corrected chi connectivity index (χ3v) is 0.894. The van der Waals surface area contributed by atoms with Crippen molar-refractivity contribution < 1.29 is 21.1 Å². The van der Waals surface area contributed by atoms with E-state index in [1.54, 1.807) is 6.92 Å². The molecule has 0 bridgehead atoms. The first kappa shape index (κ1) is 16.2. The van der Waals surface area contributed by atoms with Crippen LogP contribution in [0.4, 0.5) is 0 Å². The Morgan fingerprint density at radius 3 is 2.14 bits per heavy atom. The molecule has 4 N–H and O–H groups in total. The molecule has 0 fully saturated rings. The first-order valence-electron chi connectivity index (χ1n) is 3.14.